The first-order valence-corrected chi connectivity index (χ1v) is 5.96. The number of alkyl halides is 1. The third kappa shape index (κ3) is 2.45. The van der Waals surface area contributed by atoms with Crippen molar-refractivity contribution in [1.29, 1.82) is 0 Å². The van der Waals surface area contributed by atoms with Crippen LogP contribution in [0.3, 0.4) is 0 Å². The van der Waals surface area contributed by atoms with Crippen molar-refractivity contribution in [3.05, 3.63) is 36.5 Å². The molecule has 3 heteroatoms. The highest BCUT2D eigenvalue weighted by molar-refractivity contribution is 6.20. The highest BCUT2D eigenvalue weighted by atomic mass is 35.5. The van der Waals surface area contributed by atoms with Crippen molar-refractivity contribution < 1.29 is 0 Å². The smallest absolute Gasteiger partial charge is 0.133 e. The van der Waals surface area contributed by atoms with Crippen LogP contribution in [0, 0.1) is 0 Å². The van der Waals surface area contributed by atoms with E-state index in [-0.39, 0.29) is 5.38 Å². The Kier molecular flexibility index (Phi) is 3.62. The van der Waals surface area contributed by atoms with Gasteiger partial charge < -0.3 is 5.32 Å². The highest BCUT2D eigenvalue weighted by Gasteiger charge is 2.04. The molecule has 1 aromatic carbocycles. The number of nitrogens with zero attached hydrogens (tertiary/aromatic N) is 1. The van der Waals surface area contributed by atoms with Gasteiger partial charge in [0.2, 0.25) is 0 Å². The maximum atomic E-state index is 6.08. The first-order valence-electron chi connectivity index (χ1n) is 5.53. The molecule has 84 valence electrons. The van der Waals surface area contributed by atoms with Gasteiger partial charge in [-0.15, -0.1) is 11.6 Å². The molecule has 2 rings (SSSR count). The quantitative estimate of drug-likeness (QED) is 0.817. The van der Waals surface area contributed by atoms with Gasteiger partial charge in [-0.25, -0.2) is 4.98 Å². The van der Waals surface area contributed by atoms with E-state index in [9.17, 15) is 0 Å². The molecular formula is C13H15ClN2. The Morgan fingerprint density at radius 2 is 2.12 bits per heavy atom. The standard InChI is InChI=1S/C13H15ClN2/c1-2-11(14)9-16-13-12-6-4-3-5-10(12)7-8-15-13/h3-8,11H,2,9H2,1H3,(H,15,16). The van der Waals surface area contributed by atoms with Crippen LogP contribution in [0.15, 0.2) is 36.5 Å². The summed E-state index contributed by atoms with van der Waals surface area (Å²) in [4.78, 5) is 4.34. The summed E-state index contributed by atoms with van der Waals surface area (Å²) >= 11 is 6.08. The second-order valence-electron chi connectivity index (χ2n) is 3.77. The molecular weight excluding hydrogens is 220 g/mol. The number of hydrogen-bond donors (Lipinski definition) is 1. The lowest BCUT2D eigenvalue weighted by atomic mass is 10.1. The second-order valence-corrected chi connectivity index (χ2v) is 4.38. The molecule has 0 bridgehead atoms. The van der Waals surface area contributed by atoms with Gasteiger partial charge in [0, 0.05) is 18.1 Å². The maximum absolute atomic E-state index is 6.08. The molecule has 0 radical (unpaired) electrons. The Balaban J connectivity index is 2.23. The van der Waals surface area contributed by atoms with Crippen molar-refractivity contribution in [1.82, 2.24) is 4.98 Å². The van der Waals surface area contributed by atoms with Gasteiger partial charge >= 0.3 is 0 Å². The molecule has 0 amide bonds. The number of pyridine rings is 1. The van der Waals surface area contributed by atoms with Gasteiger partial charge in [-0.2, -0.15) is 0 Å². The fourth-order valence-electron chi connectivity index (χ4n) is 1.61. The number of nitrogens with one attached hydrogen (secondary N) is 1. The molecule has 0 aliphatic rings. The minimum atomic E-state index is 0.153. The summed E-state index contributed by atoms with van der Waals surface area (Å²) < 4.78 is 0. The topological polar surface area (TPSA) is 24.9 Å². The van der Waals surface area contributed by atoms with Crippen LogP contribution in [0.25, 0.3) is 10.8 Å². The van der Waals surface area contributed by atoms with Crippen molar-refractivity contribution in [2.45, 2.75) is 18.7 Å². The molecule has 1 N–H and O–H groups in total. The Morgan fingerprint density at radius 1 is 1.31 bits per heavy atom. The molecule has 1 atom stereocenters. The summed E-state index contributed by atoms with van der Waals surface area (Å²) in [6.45, 7) is 2.83. The van der Waals surface area contributed by atoms with Gasteiger partial charge in [0.1, 0.15) is 5.82 Å². The summed E-state index contributed by atoms with van der Waals surface area (Å²) in [6, 6.07) is 10.2. The van der Waals surface area contributed by atoms with Crippen LogP contribution in [0.5, 0.6) is 0 Å². The number of fused-ring (bicyclic) bond motifs is 1. The number of benzene rings is 1. The zero-order valence-electron chi connectivity index (χ0n) is 9.28. The van der Waals surface area contributed by atoms with Gasteiger partial charge in [-0.1, -0.05) is 31.2 Å². The minimum Gasteiger partial charge on any atom is -0.368 e. The molecule has 0 saturated heterocycles. The Morgan fingerprint density at radius 3 is 2.94 bits per heavy atom. The van der Waals surface area contributed by atoms with E-state index in [4.69, 9.17) is 11.6 Å². The predicted molar refractivity (Wildman–Crippen MR) is 70.2 cm³/mol. The molecule has 1 aromatic heterocycles. The molecule has 16 heavy (non-hydrogen) atoms. The molecule has 1 heterocycles. The van der Waals surface area contributed by atoms with Gasteiger partial charge in [0.15, 0.2) is 0 Å². The Bertz CT molecular complexity index is 465. The first-order chi connectivity index (χ1) is 7.81. The van der Waals surface area contributed by atoms with Crippen molar-refractivity contribution >= 4 is 28.2 Å². The normalized spacial score (nSPS) is 12.6. The molecule has 0 saturated carbocycles. The molecule has 0 fully saturated rings. The van der Waals surface area contributed by atoms with Crippen molar-refractivity contribution in [2.75, 3.05) is 11.9 Å². The summed E-state index contributed by atoms with van der Waals surface area (Å²) in [6.07, 6.45) is 2.78. The van der Waals surface area contributed by atoms with E-state index in [1.54, 1.807) is 0 Å². The summed E-state index contributed by atoms with van der Waals surface area (Å²) in [5.74, 6) is 0.914. The number of halogens is 1. The molecule has 2 aromatic rings. The largest absolute Gasteiger partial charge is 0.368 e. The van der Waals surface area contributed by atoms with Crippen molar-refractivity contribution in [3.63, 3.8) is 0 Å². The average Bonchev–Trinajstić information content (AvgIpc) is 2.35. The first kappa shape index (κ1) is 11.2. The number of aromatic nitrogens is 1. The second kappa shape index (κ2) is 5.17. The van der Waals surface area contributed by atoms with E-state index in [0.717, 1.165) is 24.2 Å². The van der Waals surface area contributed by atoms with E-state index < -0.39 is 0 Å². The monoisotopic (exact) mass is 234 g/mol. The van der Waals surface area contributed by atoms with Crippen molar-refractivity contribution in [3.8, 4) is 0 Å². The predicted octanol–water partition coefficient (Wildman–Crippen LogP) is 3.66. The fourth-order valence-corrected chi connectivity index (χ4v) is 1.69. The van der Waals surface area contributed by atoms with Crippen LogP contribution in [0.4, 0.5) is 5.82 Å². The number of anilines is 1. The van der Waals surface area contributed by atoms with Crippen LogP contribution in [-0.4, -0.2) is 16.9 Å². The molecule has 0 aliphatic heterocycles. The fraction of sp³-hybridized carbons (Fsp3) is 0.308. The zero-order valence-corrected chi connectivity index (χ0v) is 10.0. The highest BCUT2D eigenvalue weighted by Crippen LogP contribution is 2.20. The lowest BCUT2D eigenvalue weighted by molar-refractivity contribution is 0.841. The van der Waals surface area contributed by atoms with Crippen LogP contribution < -0.4 is 5.32 Å². The van der Waals surface area contributed by atoms with Crippen LogP contribution in [-0.2, 0) is 0 Å². The third-order valence-corrected chi connectivity index (χ3v) is 3.07. The third-order valence-electron chi connectivity index (χ3n) is 2.61. The SMILES string of the molecule is CCC(Cl)CNc1nccc2ccccc12. The maximum Gasteiger partial charge on any atom is 0.133 e. The lowest BCUT2D eigenvalue weighted by Gasteiger charge is -2.11. The molecule has 0 spiro atoms. The van der Waals surface area contributed by atoms with Crippen LogP contribution in [0.1, 0.15) is 13.3 Å². The van der Waals surface area contributed by atoms with E-state index in [0.29, 0.717) is 0 Å². The van der Waals surface area contributed by atoms with E-state index >= 15 is 0 Å². The number of hydrogen-bond acceptors (Lipinski definition) is 2. The average molecular weight is 235 g/mol. The molecule has 0 aliphatic carbocycles. The summed E-state index contributed by atoms with van der Waals surface area (Å²) in [7, 11) is 0. The van der Waals surface area contributed by atoms with E-state index in [1.807, 2.05) is 24.4 Å². The summed E-state index contributed by atoms with van der Waals surface area (Å²) in [5, 5.41) is 5.79. The summed E-state index contributed by atoms with van der Waals surface area (Å²) in [5.41, 5.74) is 0. The zero-order chi connectivity index (χ0) is 11.4. The minimum absolute atomic E-state index is 0.153. The van der Waals surface area contributed by atoms with Gasteiger partial charge in [0.25, 0.3) is 0 Å². The van der Waals surface area contributed by atoms with E-state index in [1.165, 1.54) is 5.39 Å². The Hall–Kier alpha value is -1.28. The van der Waals surface area contributed by atoms with Crippen LogP contribution in [0.2, 0.25) is 0 Å². The Labute approximate surface area is 101 Å². The van der Waals surface area contributed by atoms with Crippen molar-refractivity contribution in [2.24, 2.45) is 0 Å². The van der Waals surface area contributed by atoms with Gasteiger partial charge in [-0.3, -0.25) is 0 Å². The molecule has 1 unspecified atom stereocenters. The van der Waals surface area contributed by atoms with Crippen LogP contribution >= 0.6 is 11.6 Å². The molecule has 2 nitrogen and oxygen atoms in total. The van der Waals surface area contributed by atoms with Gasteiger partial charge in [0.05, 0.1) is 5.38 Å². The van der Waals surface area contributed by atoms with Gasteiger partial charge in [-0.05, 0) is 17.9 Å². The lowest BCUT2D eigenvalue weighted by Crippen LogP contribution is -2.14. The number of rotatable bonds is 4. The van der Waals surface area contributed by atoms with E-state index in [2.05, 4.69) is 29.4 Å².